The monoisotopic (exact) mass is 495 g/mol. The van der Waals surface area contributed by atoms with Crippen molar-refractivity contribution in [1.29, 1.82) is 0 Å². The minimum Gasteiger partial charge on any atom is -0.387 e. The van der Waals surface area contributed by atoms with Gasteiger partial charge in [0.2, 0.25) is 0 Å². The number of imide groups is 1. The van der Waals surface area contributed by atoms with Crippen molar-refractivity contribution in [3.63, 3.8) is 0 Å². The third kappa shape index (κ3) is 4.36. The number of amides is 3. The second-order valence-corrected chi connectivity index (χ2v) is 7.57. The van der Waals surface area contributed by atoms with Gasteiger partial charge in [-0.1, -0.05) is 12.1 Å². The molecule has 3 amide bonds. The molecule has 0 saturated carbocycles. The quantitative estimate of drug-likeness (QED) is 0.414. The second kappa shape index (κ2) is 9.09. The molecule has 15 heteroatoms. The Balaban J connectivity index is 1.56. The van der Waals surface area contributed by atoms with E-state index in [1.807, 2.05) is 0 Å². The Morgan fingerprint density at radius 3 is 2.60 bits per heavy atom. The van der Waals surface area contributed by atoms with Crippen molar-refractivity contribution in [3.8, 4) is 0 Å². The molecule has 12 nitrogen and oxygen atoms in total. The number of carbonyl (C=O) groups is 2. The van der Waals surface area contributed by atoms with E-state index in [2.05, 4.69) is 20.3 Å². The summed E-state index contributed by atoms with van der Waals surface area (Å²) in [6.45, 7) is 1.15. The number of rotatable bonds is 4. The van der Waals surface area contributed by atoms with Crippen LogP contribution in [0.5, 0.6) is 0 Å². The summed E-state index contributed by atoms with van der Waals surface area (Å²) >= 11 is 0. The number of halogens is 3. The van der Waals surface area contributed by atoms with Crippen LogP contribution in [0.1, 0.15) is 18.7 Å². The molecule has 1 aromatic carbocycles. The molecule has 5 N–H and O–H groups in total. The average molecular weight is 495 g/mol. The van der Waals surface area contributed by atoms with E-state index >= 15 is 0 Å². The van der Waals surface area contributed by atoms with Crippen LogP contribution < -0.4 is 11.1 Å². The van der Waals surface area contributed by atoms with Crippen molar-refractivity contribution in [2.24, 2.45) is 0 Å². The number of aliphatic hydroxyl groups is 2. The minimum absolute atomic E-state index is 0.0578. The molecule has 0 bridgehead atoms. The van der Waals surface area contributed by atoms with Crippen molar-refractivity contribution in [3.05, 3.63) is 42.5 Å². The maximum atomic E-state index is 13.3. The van der Waals surface area contributed by atoms with Crippen LogP contribution in [0, 0.1) is 0 Å². The van der Waals surface area contributed by atoms with Crippen LogP contribution in [0.25, 0.3) is 11.2 Å². The lowest BCUT2D eigenvalue weighted by atomic mass is 10.1. The zero-order valence-electron chi connectivity index (χ0n) is 18.0. The number of nitrogens with two attached hydrogens (primary N) is 1. The lowest BCUT2D eigenvalue weighted by Gasteiger charge is -2.24. The number of aliphatic hydroxyl groups excluding tert-OH is 2. The van der Waals surface area contributed by atoms with Crippen molar-refractivity contribution >= 4 is 34.6 Å². The molecule has 4 rings (SSSR count). The van der Waals surface area contributed by atoms with Gasteiger partial charge in [0.25, 0.3) is 5.91 Å². The second-order valence-electron chi connectivity index (χ2n) is 7.57. The zero-order chi connectivity index (χ0) is 25.5. The molecule has 0 aliphatic carbocycles. The van der Waals surface area contributed by atoms with Gasteiger partial charge in [0, 0.05) is 6.54 Å². The largest absolute Gasteiger partial charge is 0.418 e. The number of imidazole rings is 1. The average Bonchev–Trinajstić information content (AvgIpc) is 3.36. The van der Waals surface area contributed by atoms with Crippen LogP contribution >= 0.6 is 0 Å². The van der Waals surface area contributed by atoms with E-state index in [4.69, 9.17) is 10.5 Å². The number of likely N-dealkylation sites (N-methyl/N-ethyl adjacent to an activating group) is 1. The van der Waals surface area contributed by atoms with E-state index in [1.165, 1.54) is 23.9 Å². The van der Waals surface area contributed by atoms with Crippen LogP contribution in [-0.2, 0) is 15.7 Å². The van der Waals surface area contributed by atoms with Gasteiger partial charge in [-0.25, -0.2) is 19.7 Å². The number of alkyl halides is 3. The van der Waals surface area contributed by atoms with Gasteiger partial charge in [-0.2, -0.15) is 13.2 Å². The number of benzene rings is 1. The first-order valence-corrected chi connectivity index (χ1v) is 10.3. The Labute approximate surface area is 195 Å². The van der Waals surface area contributed by atoms with Crippen LogP contribution in [0.15, 0.2) is 36.9 Å². The highest BCUT2D eigenvalue weighted by molar-refractivity contribution is 6.03. The predicted molar refractivity (Wildman–Crippen MR) is 114 cm³/mol. The Hall–Kier alpha value is -3.82. The Morgan fingerprint density at radius 1 is 1.20 bits per heavy atom. The van der Waals surface area contributed by atoms with Crippen molar-refractivity contribution in [2.75, 3.05) is 17.6 Å². The summed E-state index contributed by atoms with van der Waals surface area (Å²) in [4.78, 5) is 38.2. The molecule has 4 atom stereocenters. The summed E-state index contributed by atoms with van der Waals surface area (Å²) < 4.78 is 46.6. The fraction of sp³-hybridized carbons (Fsp3) is 0.350. The van der Waals surface area contributed by atoms with Crippen molar-refractivity contribution < 1.29 is 37.7 Å². The van der Waals surface area contributed by atoms with Crippen LogP contribution in [0.3, 0.4) is 0 Å². The molecule has 0 spiro atoms. The molecule has 1 saturated heterocycles. The lowest BCUT2D eigenvalue weighted by Crippen LogP contribution is -2.49. The molecule has 2 aromatic heterocycles. The Kier molecular flexibility index (Phi) is 6.31. The van der Waals surface area contributed by atoms with Crippen molar-refractivity contribution in [1.82, 2.24) is 24.4 Å². The van der Waals surface area contributed by atoms with Gasteiger partial charge in [-0.15, -0.1) is 0 Å². The number of nitrogens with one attached hydrogen (secondary N) is 1. The number of fused-ring (bicyclic) bond motifs is 1. The first kappa shape index (κ1) is 24.3. The highest BCUT2D eigenvalue weighted by atomic mass is 19.4. The zero-order valence-corrected chi connectivity index (χ0v) is 18.0. The summed E-state index contributed by atoms with van der Waals surface area (Å²) in [6, 6.07) is 3.10. The summed E-state index contributed by atoms with van der Waals surface area (Å²) in [5, 5.41) is 23.1. The molecular weight excluding hydrogens is 475 g/mol. The first-order chi connectivity index (χ1) is 16.5. The highest BCUT2D eigenvalue weighted by Gasteiger charge is 2.49. The van der Waals surface area contributed by atoms with E-state index in [-0.39, 0.29) is 23.5 Å². The smallest absolute Gasteiger partial charge is 0.387 e. The third-order valence-electron chi connectivity index (χ3n) is 5.44. The normalized spacial score (nSPS) is 22.3. The number of hydrogen-bond acceptors (Lipinski definition) is 9. The SMILES string of the molecule is CCN(C(=O)Nc1ccccc1C(F)(F)F)C(=O)[C@H]1O[C@@H](n2cnc3c(N)ncnc32)[C@H](O)[C@@H]1O. The molecule has 1 fully saturated rings. The van der Waals surface area contributed by atoms with Gasteiger partial charge >= 0.3 is 12.2 Å². The molecule has 1 aliphatic heterocycles. The van der Waals surface area contributed by atoms with E-state index < -0.39 is 53.9 Å². The maximum Gasteiger partial charge on any atom is 0.418 e. The Morgan fingerprint density at radius 2 is 1.91 bits per heavy atom. The summed E-state index contributed by atoms with van der Waals surface area (Å²) in [6.07, 6.45) is -8.81. The van der Waals surface area contributed by atoms with Gasteiger partial charge in [0.1, 0.15) is 24.1 Å². The first-order valence-electron chi connectivity index (χ1n) is 10.3. The van der Waals surface area contributed by atoms with Gasteiger partial charge in [-0.3, -0.25) is 14.3 Å². The lowest BCUT2D eigenvalue weighted by molar-refractivity contribution is -0.145. The number of nitrogens with zero attached hydrogens (tertiary/aromatic N) is 5. The van der Waals surface area contributed by atoms with Gasteiger partial charge in [-0.05, 0) is 19.1 Å². The highest BCUT2D eigenvalue weighted by Crippen LogP contribution is 2.35. The van der Waals surface area contributed by atoms with Crippen LogP contribution in [-0.4, -0.2) is 71.4 Å². The molecule has 0 radical (unpaired) electrons. The number of nitrogen functional groups attached to an aromatic ring is 1. The number of para-hydroxylation sites is 1. The number of aromatic nitrogens is 4. The molecule has 186 valence electrons. The summed E-state index contributed by atoms with van der Waals surface area (Å²) in [5.74, 6) is -1.01. The van der Waals surface area contributed by atoms with E-state index in [9.17, 15) is 33.0 Å². The number of ether oxygens (including phenoxy) is 1. The number of urea groups is 1. The molecular formula is C20H20F3N7O5. The molecule has 0 unspecified atom stereocenters. The van der Waals surface area contributed by atoms with E-state index in [0.717, 1.165) is 24.5 Å². The molecule has 3 aromatic rings. The summed E-state index contributed by atoms with van der Waals surface area (Å²) in [5.41, 5.74) is 4.45. The number of hydrogen-bond donors (Lipinski definition) is 4. The number of anilines is 2. The van der Waals surface area contributed by atoms with Gasteiger partial charge in [0.05, 0.1) is 17.6 Å². The fourth-order valence-electron chi connectivity index (χ4n) is 3.72. The molecule has 35 heavy (non-hydrogen) atoms. The maximum absolute atomic E-state index is 13.3. The number of carbonyl (C=O) groups excluding carboxylic acids is 2. The van der Waals surface area contributed by atoms with Gasteiger partial charge < -0.3 is 26.0 Å². The Bertz CT molecular complexity index is 1270. The van der Waals surface area contributed by atoms with Crippen molar-refractivity contribution in [2.45, 2.75) is 37.6 Å². The van der Waals surface area contributed by atoms with Crippen LogP contribution in [0.4, 0.5) is 29.5 Å². The third-order valence-corrected chi connectivity index (χ3v) is 5.44. The minimum atomic E-state index is -4.74. The molecule has 3 heterocycles. The van der Waals surface area contributed by atoms with E-state index in [0.29, 0.717) is 4.90 Å². The van der Waals surface area contributed by atoms with Gasteiger partial charge in [0.15, 0.2) is 23.8 Å². The predicted octanol–water partition coefficient (Wildman–Crippen LogP) is 1.13. The standard InChI is InChI=1S/C20H20F3N7O5/c1-2-29(19(34)28-10-6-4-3-5-9(10)20(21,22)23)17(33)14-12(31)13(32)18(35-14)30-8-27-11-15(24)25-7-26-16(11)30/h3-8,12-14,18,31-32H,2H2,1H3,(H,28,34)(H2,24,25,26)/t12-,13+,14-,18+/m0/s1. The topological polar surface area (TPSA) is 169 Å². The molecule has 1 aliphatic rings. The fourth-order valence-corrected chi connectivity index (χ4v) is 3.72. The summed E-state index contributed by atoms with van der Waals surface area (Å²) in [7, 11) is 0. The van der Waals surface area contributed by atoms with Crippen LogP contribution in [0.2, 0.25) is 0 Å². The van der Waals surface area contributed by atoms with E-state index in [1.54, 1.807) is 0 Å².